The number of hydrogen-bond acceptors (Lipinski definition) is 0. The second kappa shape index (κ2) is 6.93. The van der Waals surface area contributed by atoms with Crippen LogP contribution >= 0.6 is 0 Å². The van der Waals surface area contributed by atoms with Gasteiger partial charge in [-0.1, -0.05) is 56.0 Å². The lowest BCUT2D eigenvalue weighted by Crippen LogP contribution is -2.34. The van der Waals surface area contributed by atoms with Crippen LogP contribution in [0.15, 0.2) is 35.9 Å². The highest BCUT2D eigenvalue weighted by Crippen LogP contribution is 2.48. The van der Waals surface area contributed by atoms with Crippen molar-refractivity contribution in [2.24, 2.45) is 5.92 Å². The Balaban J connectivity index is 2.01. The third-order valence-corrected chi connectivity index (χ3v) is 5.41. The molecule has 0 unspecified atom stereocenters. The largest absolute Gasteiger partial charge is 0.239 e. The van der Waals surface area contributed by atoms with Crippen LogP contribution in [0.1, 0.15) is 69.8 Å². The van der Waals surface area contributed by atoms with Crippen molar-refractivity contribution in [3.05, 3.63) is 41.5 Å². The Labute approximate surface area is 132 Å². The van der Waals surface area contributed by atoms with Crippen molar-refractivity contribution < 1.29 is 8.78 Å². The standard InChI is InChI=1S/C20H26F2/c21-19(17-12-6-2-7-13-17)18(16-10-4-1-5-11-16)20(22)14-8-3-9-15-20/h2,6-7,12-13,16H,1,3-5,8-11,14-15H2. The van der Waals surface area contributed by atoms with Crippen molar-refractivity contribution in [3.63, 3.8) is 0 Å². The van der Waals surface area contributed by atoms with E-state index in [1.165, 1.54) is 6.42 Å². The quantitative estimate of drug-likeness (QED) is 0.588. The third kappa shape index (κ3) is 3.26. The maximum atomic E-state index is 15.7. The Morgan fingerprint density at radius 1 is 0.864 bits per heavy atom. The molecule has 2 heteroatoms. The molecule has 0 radical (unpaired) electrons. The molecular formula is C20H26F2. The van der Waals surface area contributed by atoms with Crippen molar-refractivity contribution in [1.29, 1.82) is 0 Å². The summed E-state index contributed by atoms with van der Waals surface area (Å²) in [5.74, 6) is -0.186. The van der Waals surface area contributed by atoms with Crippen molar-refractivity contribution in [3.8, 4) is 0 Å². The molecule has 0 nitrogen and oxygen atoms in total. The van der Waals surface area contributed by atoms with Gasteiger partial charge in [-0.05, 0) is 44.4 Å². The van der Waals surface area contributed by atoms with E-state index in [4.69, 9.17) is 0 Å². The van der Waals surface area contributed by atoms with Gasteiger partial charge in [0, 0.05) is 11.1 Å². The van der Waals surface area contributed by atoms with Crippen molar-refractivity contribution >= 4 is 5.83 Å². The van der Waals surface area contributed by atoms with E-state index in [1.807, 2.05) is 18.2 Å². The molecule has 2 aliphatic rings. The first-order valence-electron chi connectivity index (χ1n) is 8.85. The first-order valence-corrected chi connectivity index (χ1v) is 8.85. The fraction of sp³-hybridized carbons (Fsp3) is 0.600. The Morgan fingerprint density at radius 2 is 1.45 bits per heavy atom. The number of hydrogen-bond donors (Lipinski definition) is 0. The minimum atomic E-state index is -1.42. The van der Waals surface area contributed by atoms with Gasteiger partial charge < -0.3 is 0 Å². The Kier molecular flexibility index (Phi) is 4.95. The normalized spacial score (nSPS) is 23.9. The summed E-state index contributed by atoms with van der Waals surface area (Å²) in [4.78, 5) is 0. The summed E-state index contributed by atoms with van der Waals surface area (Å²) in [6, 6.07) is 9.08. The number of alkyl halides is 1. The highest BCUT2D eigenvalue weighted by Gasteiger charge is 2.42. The van der Waals surface area contributed by atoms with Crippen molar-refractivity contribution in [2.75, 3.05) is 0 Å². The zero-order valence-electron chi connectivity index (χ0n) is 13.3. The third-order valence-electron chi connectivity index (χ3n) is 5.41. The highest BCUT2D eigenvalue weighted by molar-refractivity contribution is 5.65. The van der Waals surface area contributed by atoms with Gasteiger partial charge in [0.2, 0.25) is 0 Å². The van der Waals surface area contributed by atoms with E-state index >= 15 is 8.78 Å². The molecule has 0 aromatic heterocycles. The molecule has 0 N–H and O–H groups in total. The number of allylic oxidation sites excluding steroid dienone is 1. The smallest absolute Gasteiger partial charge is 0.135 e. The molecule has 1 aromatic carbocycles. The summed E-state index contributed by atoms with van der Waals surface area (Å²) in [5.41, 5.74) is -0.371. The van der Waals surface area contributed by atoms with Gasteiger partial charge >= 0.3 is 0 Å². The van der Waals surface area contributed by atoms with E-state index in [2.05, 4.69) is 0 Å². The SMILES string of the molecule is FC(=C(C1CCCCC1)C1(F)CCCCC1)c1ccccc1. The minimum absolute atomic E-state index is 0.0945. The molecule has 0 saturated heterocycles. The Bertz CT molecular complexity index is 506. The maximum Gasteiger partial charge on any atom is 0.135 e. The molecule has 0 heterocycles. The molecule has 0 bridgehead atoms. The summed E-state index contributed by atoms with van der Waals surface area (Å²) in [6.45, 7) is 0. The summed E-state index contributed by atoms with van der Waals surface area (Å²) < 4.78 is 30.9. The second-order valence-electron chi connectivity index (χ2n) is 6.95. The molecule has 2 aliphatic carbocycles. The molecule has 0 aliphatic heterocycles. The van der Waals surface area contributed by atoms with Crippen LogP contribution in [-0.4, -0.2) is 5.67 Å². The first-order chi connectivity index (χ1) is 10.7. The van der Waals surface area contributed by atoms with Crippen LogP contribution in [0.2, 0.25) is 0 Å². The Morgan fingerprint density at radius 3 is 2.09 bits per heavy atom. The molecule has 0 spiro atoms. The van der Waals surface area contributed by atoms with Crippen LogP contribution in [0.25, 0.3) is 5.83 Å². The molecule has 120 valence electrons. The average molecular weight is 304 g/mol. The van der Waals surface area contributed by atoms with E-state index in [0.717, 1.165) is 44.9 Å². The monoisotopic (exact) mass is 304 g/mol. The number of halogens is 2. The van der Waals surface area contributed by atoms with Crippen molar-refractivity contribution in [2.45, 2.75) is 69.9 Å². The second-order valence-corrected chi connectivity index (χ2v) is 6.95. The fourth-order valence-electron chi connectivity index (χ4n) is 4.25. The molecule has 2 saturated carbocycles. The summed E-state index contributed by atoms with van der Waals surface area (Å²) in [7, 11) is 0. The molecule has 0 amide bonds. The van der Waals surface area contributed by atoms with Gasteiger partial charge in [0.25, 0.3) is 0 Å². The zero-order valence-corrected chi connectivity index (χ0v) is 13.3. The van der Waals surface area contributed by atoms with E-state index in [1.54, 1.807) is 12.1 Å². The van der Waals surface area contributed by atoms with Gasteiger partial charge in [-0.2, -0.15) is 0 Å². The summed E-state index contributed by atoms with van der Waals surface area (Å²) in [6.07, 6.45) is 9.15. The van der Waals surface area contributed by atoms with E-state index < -0.39 is 5.67 Å². The van der Waals surface area contributed by atoms with Gasteiger partial charge in [0.05, 0.1) is 0 Å². The number of benzene rings is 1. The lowest BCUT2D eigenvalue weighted by molar-refractivity contribution is 0.127. The lowest BCUT2D eigenvalue weighted by Gasteiger charge is -2.38. The molecule has 1 aromatic rings. The van der Waals surface area contributed by atoms with Gasteiger partial charge in [-0.15, -0.1) is 0 Å². The van der Waals surface area contributed by atoms with E-state index in [0.29, 0.717) is 24.0 Å². The van der Waals surface area contributed by atoms with Crippen molar-refractivity contribution in [1.82, 2.24) is 0 Å². The van der Waals surface area contributed by atoms with Gasteiger partial charge in [-0.3, -0.25) is 0 Å². The van der Waals surface area contributed by atoms with Crippen LogP contribution in [-0.2, 0) is 0 Å². The maximum absolute atomic E-state index is 15.7. The zero-order chi connectivity index (χ0) is 15.4. The highest BCUT2D eigenvalue weighted by atomic mass is 19.1. The molecule has 2 fully saturated rings. The number of rotatable bonds is 3. The van der Waals surface area contributed by atoms with Crippen LogP contribution in [0, 0.1) is 5.92 Å². The summed E-state index contributed by atoms with van der Waals surface area (Å²) in [5, 5.41) is 0. The van der Waals surface area contributed by atoms with Gasteiger partial charge in [-0.25, -0.2) is 8.78 Å². The predicted octanol–water partition coefficient (Wildman–Crippen LogP) is 6.62. The van der Waals surface area contributed by atoms with E-state index in [9.17, 15) is 0 Å². The fourth-order valence-corrected chi connectivity index (χ4v) is 4.25. The minimum Gasteiger partial charge on any atom is -0.239 e. The lowest BCUT2D eigenvalue weighted by atomic mass is 9.71. The van der Waals surface area contributed by atoms with Crippen LogP contribution in [0.5, 0.6) is 0 Å². The van der Waals surface area contributed by atoms with Crippen LogP contribution in [0.4, 0.5) is 8.78 Å². The van der Waals surface area contributed by atoms with Gasteiger partial charge in [0.1, 0.15) is 11.5 Å². The molecular weight excluding hydrogens is 278 g/mol. The topological polar surface area (TPSA) is 0 Å². The first kappa shape index (κ1) is 15.7. The molecule has 3 rings (SSSR count). The predicted molar refractivity (Wildman–Crippen MR) is 88.0 cm³/mol. The van der Waals surface area contributed by atoms with E-state index in [-0.39, 0.29) is 11.7 Å². The Hall–Kier alpha value is -1.18. The van der Waals surface area contributed by atoms with Gasteiger partial charge in [0.15, 0.2) is 0 Å². The van der Waals surface area contributed by atoms with Crippen LogP contribution in [0.3, 0.4) is 0 Å². The summed E-state index contributed by atoms with van der Waals surface area (Å²) >= 11 is 0. The van der Waals surface area contributed by atoms with Crippen LogP contribution < -0.4 is 0 Å². The molecule has 22 heavy (non-hydrogen) atoms. The average Bonchev–Trinajstić information content (AvgIpc) is 2.57. The molecule has 0 atom stereocenters.